The molecule has 2 aliphatic carbocycles. The van der Waals surface area contributed by atoms with E-state index in [0.717, 1.165) is 6.42 Å². The van der Waals surface area contributed by atoms with E-state index < -0.39 is 0 Å². The second-order valence-electron chi connectivity index (χ2n) is 4.09. The lowest BCUT2D eigenvalue weighted by molar-refractivity contribution is 0.235. The summed E-state index contributed by atoms with van der Waals surface area (Å²) in [6, 6.07) is 2.40. The van der Waals surface area contributed by atoms with Gasteiger partial charge in [-0.15, -0.1) is 0 Å². The Balaban J connectivity index is 2.27. The molecule has 0 amide bonds. The Bertz CT molecular complexity index is 248. The molecule has 4 atom stereocenters. The zero-order valence-corrected chi connectivity index (χ0v) is 7.04. The van der Waals surface area contributed by atoms with Crippen molar-refractivity contribution in [3.8, 4) is 6.07 Å². The normalized spacial score (nSPS) is 53.0. The molecule has 2 rings (SSSR count). The number of allylic oxidation sites excluding steroid dienone is 2. The second kappa shape index (κ2) is 1.88. The maximum absolute atomic E-state index is 8.84. The lowest BCUT2D eigenvalue weighted by atomic mass is 9.66. The highest BCUT2D eigenvalue weighted by atomic mass is 14.5. The Morgan fingerprint density at radius 3 is 2.64 bits per heavy atom. The Labute approximate surface area is 67.7 Å². The Kier molecular flexibility index (Phi) is 1.18. The molecule has 0 aromatic carbocycles. The van der Waals surface area contributed by atoms with Crippen molar-refractivity contribution in [1.29, 1.82) is 5.26 Å². The third-order valence-corrected chi connectivity index (χ3v) is 3.74. The zero-order valence-electron chi connectivity index (χ0n) is 7.04. The summed E-state index contributed by atoms with van der Waals surface area (Å²) in [5.74, 6) is 1.55. The smallest absolute Gasteiger partial charge is 0.0659 e. The third-order valence-electron chi connectivity index (χ3n) is 3.74. The summed E-state index contributed by atoms with van der Waals surface area (Å²) in [4.78, 5) is 0. The fourth-order valence-electron chi connectivity index (χ4n) is 2.43. The van der Waals surface area contributed by atoms with E-state index in [1.165, 1.54) is 0 Å². The van der Waals surface area contributed by atoms with E-state index in [0.29, 0.717) is 23.2 Å². The first kappa shape index (κ1) is 6.91. The monoisotopic (exact) mass is 147 g/mol. The fourth-order valence-corrected chi connectivity index (χ4v) is 2.43. The van der Waals surface area contributed by atoms with Crippen molar-refractivity contribution in [2.24, 2.45) is 23.2 Å². The highest BCUT2D eigenvalue weighted by Gasteiger charge is 2.51. The van der Waals surface area contributed by atoms with Crippen LogP contribution in [0.25, 0.3) is 0 Å². The number of nitrogens with zero attached hydrogens (tertiary/aromatic N) is 1. The molecule has 2 aliphatic rings. The summed E-state index contributed by atoms with van der Waals surface area (Å²) >= 11 is 0. The van der Waals surface area contributed by atoms with E-state index in [1.807, 2.05) is 0 Å². The van der Waals surface area contributed by atoms with Crippen molar-refractivity contribution in [2.75, 3.05) is 0 Å². The van der Waals surface area contributed by atoms with Gasteiger partial charge in [0.25, 0.3) is 0 Å². The molecule has 0 N–H and O–H groups in total. The van der Waals surface area contributed by atoms with Gasteiger partial charge in [0.15, 0.2) is 0 Å². The molecule has 0 heterocycles. The van der Waals surface area contributed by atoms with E-state index in [-0.39, 0.29) is 0 Å². The minimum Gasteiger partial charge on any atom is -0.198 e. The quantitative estimate of drug-likeness (QED) is 0.482. The molecule has 0 aromatic heterocycles. The van der Waals surface area contributed by atoms with E-state index in [2.05, 4.69) is 32.1 Å². The van der Waals surface area contributed by atoms with Gasteiger partial charge in [0.2, 0.25) is 0 Å². The van der Waals surface area contributed by atoms with Crippen LogP contribution >= 0.6 is 0 Å². The summed E-state index contributed by atoms with van der Waals surface area (Å²) < 4.78 is 0. The molecule has 0 saturated heterocycles. The molecule has 1 nitrogen and oxygen atoms in total. The third kappa shape index (κ3) is 0.651. The van der Waals surface area contributed by atoms with Crippen molar-refractivity contribution >= 4 is 0 Å². The van der Waals surface area contributed by atoms with Crippen molar-refractivity contribution in [2.45, 2.75) is 20.3 Å². The van der Waals surface area contributed by atoms with Gasteiger partial charge in [-0.05, 0) is 23.7 Å². The molecule has 58 valence electrons. The largest absolute Gasteiger partial charge is 0.198 e. The molecule has 0 radical (unpaired) electrons. The van der Waals surface area contributed by atoms with Gasteiger partial charge in [-0.2, -0.15) is 5.26 Å². The highest BCUT2D eigenvalue weighted by Crippen LogP contribution is 2.57. The first-order valence-corrected chi connectivity index (χ1v) is 4.27. The van der Waals surface area contributed by atoms with Gasteiger partial charge in [-0.25, -0.2) is 0 Å². The fraction of sp³-hybridized carbons (Fsp3) is 0.700. The van der Waals surface area contributed by atoms with Crippen molar-refractivity contribution < 1.29 is 0 Å². The summed E-state index contributed by atoms with van der Waals surface area (Å²) in [5, 5.41) is 8.84. The number of rotatable bonds is 0. The maximum atomic E-state index is 8.84. The van der Waals surface area contributed by atoms with Crippen LogP contribution in [0.15, 0.2) is 12.2 Å². The SMILES string of the molecule is CC1C(C#N)CC2C=CC21C. The highest BCUT2D eigenvalue weighted by molar-refractivity contribution is 5.25. The minimum absolute atomic E-state index is 0.292. The van der Waals surface area contributed by atoms with Crippen LogP contribution in [0.4, 0.5) is 0 Å². The van der Waals surface area contributed by atoms with E-state index in [4.69, 9.17) is 5.26 Å². The zero-order chi connectivity index (χ0) is 8.06. The van der Waals surface area contributed by atoms with Crippen molar-refractivity contribution in [1.82, 2.24) is 0 Å². The molecule has 11 heavy (non-hydrogen) atoms. The summed E-state index contributed by atoms with van der Waals surface area (Å²) in [5.41, 5.74) is 0.362. The standard InChI is InChI=1S/C10H13N/c1-7-8(6-11)5-9-3-4-10(7,9)2/h3-4,7-9H,5H2,1-2H3. The second-order valence-corrected chi connectivity index (χ2v) is 4.09. The molecular weight excluding hydrogens is 134 g/mol. The predicted octanol–water partition coefficient (Wildman–Crippen LogP) is 2.36. The average molecular weight is 147 g/mol. The number of nitriles is 1. The van der Waals surface area contributed by atoms with E-state index >= 15 is 0 Å². The topological polar surface area (TPSA) is 23.8 Å². The van der Waals surface area contributed by atoms with Crippen LogP contribution in [0.5, 0.6) is 0 Å². The average Bonchev–Trinajstić information content (AvgIpc) is 2.15. The van der Waals surface area contributed by atoms with Crippen LogP contribution in [-0.2, 0) is 0 Å². The van der Waals surface area contributed by atoms with E-state index in [9.17, 15) is 0 Å². The van der Waals surface area contributed by atoms with Gasteiger partial charge < -0.3 is 0 Å². The van der Waals surface area contributed by atoms with Gasteiger partial charge in [-0.3, -0.25) is 0 Å². The van der Waals surface area contributed by atoms with Gasteiger partial charge in [-0.1, -0.05) is 26.0 Å². The van der Waals surface area contributed by atoms with Crippen LogP contribution in [0, 0.1) is 34.5 Å². The molecular formula is C10H13N. The van der Waals surface area contributed by atoms with Gasteiger partial charge in [0, 0.05) is 0 Å². The predicted molar refractivity (Wildman–Crippen MR) is 43.6 cm³/mol. The Hall–Kier alpha value is -0.770. The van der Waals surface area contributed by atoms with Crippen LogP contribution in [0.2, 0.25) is 0 Å². The molecule has 4 unspecified atom stereocenters. The van der Waals surface area contributed by atoms with Crippen molar-refractivity contribution in [3.05, 3.63) is 12.2 Å². The molecule has 0 spiro atoms. The molecule has 0 bridgehead atoms. The first-order chi connectivity index (χ1) is 5.18. The Morgan fingerprint density at radius 1 is 1.64 bits per heavy atom. The summed E-state index contributed by atoms with van der Waals surface area (Å²) in [6.07, 6.45) is 5.62. The minimum atomic E-state index is 0.292. The lowest BCUT2D eigenvalue weighted by Crippen LogP contribution is -2.31. The summed E-state index contributed by atoms with van der Waals surface area (Å²) in [6.45, 7) is 4.48. The van der Waals surface area contributed by atoms with E-state index in [1.54, 1.807) is 0 Å². The summed E-state index contributed by atoms with van der Waals surface area (Å²) in [7, 11) is 0. The van der Waals surface area contributed by atoms with Crippen LogP contribution < -0.4 is 0 Å². The van der Waals surface area contributed by atoms with Gasteiger partial charge in [0.1, 0.15) is 0 Å². The Morgan fingerprint density at radius 2 is 2.36 bits per heavy atom. The van der Waals surface area contributed by atoms with Gasteiger partial charge in [0.05, 0.1) is 12.0 Å². The van der Waals surface area contributed by atoms with Crippen LogP contribution in [-0.4, -0.2) is 0 Å². The molecule has 1 heteroatoms. The number of fused-ring (bicyclic) bond motifs is 1. The van der Waals surface area contributed by atoms with Gasteiger partial charge >= 0.3 is 0 Å². The maximum Gasteiger partial charge on any atom is 0.0659 e. The lowest BCUT2D eigenvalue weighted by Gasteiger charge is -2.38. The van der Waals surface area contributed by atoms with Crippen LogP contribution in [0.3, 0.4) is 0 Å². The molecule has 0 aliphatic heterocycles. The van der Waals surface area contributed by atoms with Crippen molar-refractivity contribution in [3.63, 3.8) is 0 Å². The number of hydrogen-bond acceptors (Lipinski definition) is 1. The molecule has 1 saturated carbocycles. The molecule has 0 aromatic rings. The number of hydrogen-bond donors (Lipinski definition) is 0. The van der Waals surface area contributed by atoms with Crippen LogP contribution in [0.1, 0.15) is 20.3 Å². The first-order valence-electron chi connectivity index (χ1n) is 4.27. The molecule has 1 fully saturated rings.